The predicted octanol–water partition coefficient (Wildman–Crippen LogP) is -2.45. The summed E-state index contributed by atoms with van der Waals surface area (Å²) in [5.74, 6) is -1.54. The number of thioether (sulfide) groups is 1. The number of hydrogen-bond acceptors (Lipinski definition) is 6. The molecule has 25 heavy (non-hydrogen) atoms. The van der Waals surface area contributed by atoms with Crippen LogP contribution in [0.25, 0.3) is 6.08 Å². The van der Waals surface area contributed by atoms with Gasteiger partial charge in [0, 0.05) is 29.8 Å². The topological polar surface area (TPSA) is 80.8 Å². The first-order chi connectivity index (χ1) is 11.5. The molecule has 1 aromatic heterocycles. The second-order valence-corrected chi connectivity index (χ2v) is 7.96. The van der Waals surface area contributed by atoms with Crippen LogP contribution in [0.3, 0.4) is 0 Å². The first kappa shape index (κ1) is 18.7. The molecule has 1 saturated heterocycles. The third-order valence-electron chi connectivity index (χ3n) is 4.37. The molecular formula is C16H13N2NaO4S2. The van der Waals surface area contributed by atoms with E-state index in [0.29, 0.717) is 12.1 Å². The van der Waals surface area contributed by atoms with E-state index >= 15 is 0 Å². The standard InChI is InChI=1S/C16H14N2O4S2.Na/c1-8(19)17-3-2-13-9(6-17)4-10(24-13)5-11-14(20)18-12(16(21)22)7-23-15(11)18;/h4-5,7,15H,2-3,6H2,1H3,(H,21,22);/q;+1/p-1/b11-5+;. The van der Waals surface area contributed by atoms with Crippen molar-refractivity contribution < 1.29 is 49.0 Å². The van der Waals surface area contributed by atoms with E-state index in [9.17, 15) is 19.5 Å². The number of fused-ring (bicyclic) bond motifs is 2. The van der Waals surface area contributed by atoms with Gasteiger partial charge in [-0.3, -0.25) is 14.5 Å². The maximum absolute atomic E-state index is 12.2. The third-order valence-corrected chi connectivity index (χ3v) is 6.64. The number of carbonyl (C=O) groups excluding carboxylic acids is 3. The summed E-state index contributed by atoms with van der Waals surface area (Å²) < 4.78 is 0. The van der Waals surface area contributed by atoms with Crippen LogP contribution in [-0.2, 0) is 27.3 Å². The van der Waals surface area contributed by atoms with Gasteiger partial charge in [-0.25, -0.2) is 0 Å². The Balaban J connectivity index is 0.00000182. The average Bonchev–Trinajstić information content (AvgIpc) is 3.12. The molecule has 1 aromatic rings. The van der Waals surface area contributed by atoms with Crippen molar-refractivity contribution in [2.45, 2.75) is 25.3 Å². The van der Waals surface area contributed by atoms with Crippen LogP contribution in [0.1, 0.15) is 22.2 Å². The van der Waals surface area contributed by atoms with Crippen molar-refractivity contribution in [1.29, 1.82) is 0 Å². The Hall–Kier alpha value is -1.06. The summed E-state index contributed by atoms with van der Waals surface area (Å²) in [5.41, 5.74) is 1.67. The van der Waals surface area contributed by atoms with Crippen molar-refractivity contribution in [3.8, 4) is 0 Å². The largest absolute Gasteiger partial charge is 1.00 e. The second-order valence-electron chi connectivity index (χ2n) is 5.84. The van der Waals surface area contributed by atoms with Crippen LogP contribution < -0.4 is 34.7 Å². The van der Waals surface area contributed by atoms with Gasteiger partial charge < -0.3 is 14.8 Å². The Kier molecular flexibility index (Phi) is 5.18. The van der Waals surface area contributed by atoms with Gasteiger partial charge in [0.05, 0.1) is 17.2 Å². The molecule has 0 N–H and O–H groups in total. The molecular weight excluding hydrogens is 371 g/mol. The van der Waals surface area contributed by atoms with Crippen molar-refractivity contribution in [1.82, 2.24) is 9.80 Å². The molecule has 0 saturated carbocycles. The van der Waals surface area contributed by atoms with Crippen molar-refractivity contribution in [2.75, 3.05) is 6.54 Å². The van der Waals surface area contributed by atoms with Crippen LogP contribution in [0.2, 0.25) is 0 Å². The van der Waals surface area contributed by atoms with Gasteiger partial charge in [-0.1, -0.05) is 0 Å². The zero-order valence-electron chi connectivity index (χ0n) is 13.8. The van der Waals surface area contributed by atoms with E-state index in [2.05, 4.69) is 0 Å². The van der Waals surface area contributed by atoms with Crippen LogP contribution in [0.15, 0.2) is 22.7 Å². The Labute approximate surface area is 174 Å². The molecule has 3 aliphatic heterocycles. The molecule has 9 heteroatoms. The minimum atomic E-state index is -1.33. The number of β-lactam (4-membered cyclic amide) rings is 1. The van der Waals surface area contributed by atoms with Gasteiger partial charge in [-0.2, -0.15) is 0 Å². The Morgan fingerprint density at radius 2 is 2.16 bits per heavy atom. The minimum Gasteiger partial charge on any atom is -0.543 e. The van der Waals surface area contributed by atoms with Gasteiger partial charge >= 0.3 is 29.6 Å². The summed E-state index contributed by atoms with van der Waals surface area (Å²) >= 11 is 2.93. The molecule has 6 nitrogen and oxygen atoms in total. The third kappa shape index (κ3) is 3.10. The molecule has 0 bridgehead atoms. The number of thiophene rings is 1. The van der Waals surface area contributed by atoms with Crippen LogP contribution in [0, 0.1) is 0 Å². The van der Waals surface area contributed by atoms with Gasteiger partial charge in [-0.05, 0) is 29.5 Å². The number of carboxylic acid groups (broad SMARTS) is 1. The first-order valence-electron chi connectivity index (χ1n) is 7.45. The maximum Gasteiger partial charge on any atom is 1.00 e. The van der Waals surface area contributed by atoms with E-state index in [1.165, 1.54) is 26.9 Å². The fourth-order valence-corrected chi connectivity index (χ4v) is 5.34. The normalized spacial score (nSPS) is 22.8. The summed E-state index contributed by atoms with van der Waals surface area (Å²) in [6, 6.07) is 2.02. The molecule has 0 radical (unpaired) electrons. The molecule has 1 fully saturated rings. The molecule has 4 heterocycles. The zero-order chi connectivity index (χ0) is 17.0. The number of aliphatic carboxylic acids is 1. The monoisotopic (exact) mass is 384 g/mol. The molecule has 0 aromatic carbocycles. The van der Waals surface area contributed by atoms with Crippen molar-refractivity contribution in [3.05, 3.63) is 38.1 Å². The van der Waals surface area contributed by atoms with E-state index in [1.807, 2.05) is 17.0 Å². The van der Waals surface area contributed by atoms with Crippen molar-refractivity contribution in [3.63, 3.8) is 0 Å². The zero-order valence-corrected chi connectivity index (χ0v) is 17.4. The van der Waals surface area contributed by atoms with E-state index in [-0.39, 0.29) is 52.4 Å². The molecule has 1 atom stereocenters. The average molecular weight is 384 g/mol. The molecule has 4 rings (SSSR count). The summed E-state index contributed by atoms with van der Waals surface area (Å²) in [5, 5.41) is 12.2. The van der Waals surface area contributed by atoms with Gasteiger partial charge in [-0.15, -0.1) is 23.1 Å². The van der Waals surface area contributed by atoms with Gasteiger partial charge in [0.2, 0.25) is 5.91 Å². The number of rotatable bonds is 2. The summed E-state index contributed by atoms with van der Waals surface area (Å²) in [6.07, 6.45) is 2.67. The van der Waals surface area contributed by atoms with Gasteiger partial charge in [0.25, 0.3) is 5.91 Å². The minimum absolute atomic E-state index is 0. The Bertz CT molecular complexity index is 845. The smallest absolute Gasteiger partial charge is 0.543 e. The van der Waals surface area contributed by atoms with E-state index in [0.717, 1.165) is 23.4 Å². The Morgan fingerprint density at radius 3 is 2.84 bits per heavy atom. The number of nitrogens with zero attached hydrogens (tertiary/aromatic N) is 2. The summed E-state index contributed by atoms with van der Waals surface area (Å²) in [7, 11) is 0. The molecule has 124 valence electrons. The summed E-state index contributed by atoms with van der Waals surface area (Å²) in [4.78, 5) is 40.0. The van der Waals surface area contributed by atoms with Crippen molar-refractivity contribution in [2.24, 2.45) is 0 Å². The SMILES string of the molecule is CC(=O)N1CCc2sc(/C=C3\C(=O)N4C(C(=O)[O-])=CSC34)cc2C1.[Na+]. The van der Waals surface area contributed by atoms with E-state index < -0.39 is 5.97 Å². The maximum atomic E-state index is 12.2. The van der Waals surface area contributed by atoms with Crippen molar-refractivity contribution >= 4 is 47.0 Å². The molecule has 1 unspecified atom stereocenters. The molecule has 3 aliphatic rings. The quantitative estimate of drug-likeness (QED) is 0.321. The number of hydrogen-bond donors (Lipinski definition) is 0. The summed E-state index contributed by atoms with van der Waals surface area (Å²) in [6.45, 7) is 2.91. The van der Waals surface area contributed by atoms with E-state index in [1.54, 1.807) is 18.3 Å². The van der Waals surface area contributed by atoms with Gasteiger partial charge in [0.1, 0.15) is 5.37 Å². The van der Waals surface area contributed by atoms with Gasteiger partial charge in [0.15, 0.2) is 0 Å². The van der Waals surface area contributed by atoms with Crippen LogP contribution in [-0.4, -0.2) is 39.5 Å². The molecule has 2 amide bonds. The number of amides is 2. The molecule has 0 aliphatic carbocycles. The van der Waals surface area contributed by atoms with Crippen LogP contribution >= 0.6 is 23.1 Å². The number of carboxylic acids is 1. The van der Waals surface area contributed by atoms with Crippen LogP contribution in [0.4, 0.5) is 0 Å². The first-order valence-corrected chi connectivity index (χ1v) is 9.21. The second kappa shape index (κ2) is 6.92. The van der Waals surface area contributed by atoms with E-state index in [4.69, 9.17) is 0 Å². The number of carbonyl (C=O) groups is 3. The predicted molar refractivity (Wildman–Crippen MR) is 88.4 cm³/mol. The molecule has 0 spiro atoms. The van der Waals surface area contributed by atoms with Crippen LogP contribution in [0.5, 0.6) is 0 Å². The Morgan fingerprint density at radius 1 is 1.40 bits per heavy atom. The fourth-order valence-electron chi connectivity index (χ4n) is 3.11. The fraction of sp³-hybridized carbons (Fsp3) is 0.312.